The van der Waals surface area contributed by atoms with E-state index in [1.54, 1.807) is 10.8 Å². The number of hydrogen-bond donors (Lipinski definition) is 1. The van der Waals surface area contributed by atoms with Gasteiger partial charge in [0.25, 0.3) is 5.78 Å². The molecule has 0 radical (unpaired) electrons. The molecule has 7 heteroatoms. The van der Waals surface area contributed by atoms with E-state index in [9.17, 15) is 4.21 Å². The molecule has 0 aliphatic carbocycles. The molecule has 17 heavy (non-hydrogen) atoms. The minimum atomic E-state index is -0.734. The number of anilines is 1. The molecule has 2 rings (SSSR count). The number of rotatable bonds is 5. The summed E-state index contributed by atoms with van der Waals surface area (Å²) in [6.45, 7) is 2.68. The Bertz CT molecular complexity index is 538. The fraction of sp³-hybridized carbons (Fsp3) is 0.500. The summed E-state index contributed by atoms with van der Waals surface area (Å²) >= 11 is 0. The molecule has 0 saturated heterocycles. The zero-order valence-corrected chi connectivity index (χ0v) is 10.7. The molecule has 2 aromatic heterocycles. The van der Waals surface area contributed by atoms with Gasteiger partial charge >= 0.3 is 0 Å². The molecule has 0 saturated carbocycles. The summed E-state index contributed by atoms with van der Waals surface area (Å²) in [6, 6.07) is 1.92. The highest BCUT2D eigenvalue weighted by Gasteiger charge is 2.04. The Balaban J connectivity index is 2.07. The van der Waals surface area contributed by atoms with Crippen LogP contribution in [0.4, 0.5) is 5.82 Å². The lowest BCUT2D eigenvalue weighted by atomic mass is 10.4. The highest BCUT2D eigenvalue weighted by atomic mass is 32.2. The second-order valence-electron chi connectivity index (χ2n) is 3.81. The number of fused-ring (bicyclic) bond motifs is 1. The molecule has 0 aliphatic heterocycles. The van der Waals surface area contributed by atoms with Crippen LogP contribution in [0, 0.1) is 6.92 Å². The van der Waals surface area contributed by atoms with E-state index in [1.807, 2.05) is 13.0 Å². The molecular weight excluding hydrogens is 238 g/mol. The predicted octanol–water partition coefficient (Wildman–Crippen LogP) is 0.613. The van der Waals surface area contributed by atoms with Crippen molar-refractivity contribution < 1.29 is 4.21 Å². The number of nitrogens with zero attached hydrogens (tertiary/aromatic N) is 4. The van der Waals surface area contributed by atoms with Crippen LogP contribution in [0.15, 0.2) is 12.4 Å². The number of hydrogen-bond acceptors (Lipinski definition) is 5. The summed E-state index contributed by atoms with van der Waals surface area (Å²) in [4.78, 5) is 8.30. The fourth-order valence-electron chi connectivity index (χ4n) is 1.55. The maximum Gasteiger partial charge on any atom is 0.254 e. The average molecular weight is 253 g/mol. The van der Waals surface area contributed by atoms with Crippen LogP contribution in [0.2, 0.25) is 0 Å². The van der Waals surface area contributed by atoms with Gasteiger partial charge in [0.05, 0.1) is 0 Å². The quantitative estimate of drug-likeness (QED) is 0.791. The van der Waals surface area contributed by atoms with Crippen molar-refractivity contribution in [3.8, 4) is 0 Å². The van der Waals surface area contributed by atoms with Crippen LogP contribution in [0.25, 0.3) is 5.78 Å². The van der Waals surface area contributed by atoms with Crippen molar-refractivity contribution in [1.29, 1.82) is 0 Å². The summed E-state index contributed by atoms with van der Waals surface area (Å²) in [5.41, 5.74) is 0.895. The maximum absolute atomic E-state index is 10.9. The van der Waals surface area contributed by atoms with E-state index in [1.165, 1.54) is 6.33 Å². The monoisotopic (exact) mass is 253 g/mol. The van der Waals surface area contributed by atoms with Crippen molar-refractivity contribution in [3.05, 3.63) is 18.1 Å². The number of aryl methyl sites for hydroxylation is 1. The molecule has 0 bridgehead atoms. The largest absolute Gasteiger partial charge is 0.370 e. The lowest BCUT2D eigenvalue weighted by Gasteiger charge is -2.07. The first-order chi connectivity index (χ1) is 8.16. The van der Waals surface area contributed by atoms with Gasteiger partial charge in [-0.1, -0.05) is 0 Å². The van der Waals surface area contributed by atoms with E-state index < -0.39 is 10.8 Å². The van der Waals surface area contributed by atoms with Gasteiger partial charge in [0.2, 0.25) is 0 Å². The molecule has 1 N–H and O–H groups in total. The van der Waals surface area contributed by atoms with Crippen molar-refractivity contribution in [2.45, 2.75) is 13.3 Å². The summed E-state index contributed by atoms with van der Waals surface area (Å²) in [7, 11) is -0.734. The third-order valence-corrected chi connectivity index (χ3v) is 3.16. The van der Waals surface area contributed by atoms with Gasteiger partial charge in [-0.3, -0.25) is 4.21 Å². The van der Waals surface area contributed by atoms with Crippen LogP contribution in [0.5, 0.6) is 0 Å². The summed E-state index contributed by atoms with van der Waals surface area (Å²) in [5, 5.41) is 7.35. The van der Waals surface area contributed by atoms with Crippen LogP contribution in [0.1, 0.15) is 12.1 Å². The lowest BCUT2D eigenvalue weighted by Crippen LogP contribution is -2.10. The van der Waals surface area contributed by atoms with Crippen molar-refractivity contribution in [2.24, 2.45) is 0 Å². The van der Waals surface area contributed by atoms with E-state index >= 15 is 0 Å². The van der Waals surface area contributed by atoms with Crippen LogP contribution in [0.3, 0.4) is 0 Å². The highest BCUT2D eigenvalue weighted by Crippen LogP contribution is 2.09. The average Bonchev–Trinajstić information content (AvgIpc) is 2.71. The second-order valence-corrected chi connectivity index (χ2v) is 5.37. The summed E-state index contributed by atoms with van der Waals surface area (Å²) < 4.78 is 12.6. The van der Waals surface area contributed by atoms with Gasteiger partial charge in [-0.2, -0.15) is 14.6 Å². The highest BCUT2D eigenvalue weighted by molar-refractivity contribution is 7.84. The van der Waals surface area contributed by atoms with Crippen molar-refractivity contribution in [2.75, 3.05) is 23.9 Å². The Morgan fingerprint density at radius 3 is 3.12 bits per heavy atom. The summed E-state index contributed by atoms with van der Waals surface area (Å²) in [6.07, 6.45) is 4.06. The Labute approximate surface area is 102 Å². The molecule has 2 heterocycles. The van der Waals surface area contributed by atoms with E-state index in [0.29, 0.717) is 11.5 Å². The molecule has 0 aromatic carbocycles. The molecule has 1 unspecified atom stereocenters. The first-order valence-electron chi connectivity index (χ1n) is 5.38. The minimum absolute atomic E-state index is 0.589. The third kappa shape index (κ3) is 3.00. The van der Waals surface area contributed by atoms with Gasteiger partial charge in [0.15, 0.2) is 0 Å². The Hall–Kier alpha value is -1.50. The molecule has 6 nitrogen and oxygen atoms in total. The molecule has 0 spiro atoms. The first kappa shape index (κ1) is 12.0. The van der Waals surface area contributed by atoms with E-state index in [0.717, 1.165) is 24.5 Å². The van der Waals surface area contributed by atoms with Crippen molar-refractivity contribution in [3.63, 3.8) is 0 Å². The van der Waals surface area contributed by atoms with E-state index in [-0.39, 0.29) is 0 Å². The zero-order valence-electron chi connectivity index (χ0n) is 9.88. The van der Waals surface area contributed by atoms with Gasteiger partial charge in [-0.25, -0.2) is 4.98 Å². The molecule has 1 atom stereocenters. The van der Waals surface area contributed by atoms with Gasteiger partial charge in [-0.15, -0.1) is 0 Å². The maximum atomic E-state index is 10.9. The molecule has 0 aliphatic rings. The van der Waals surface area contributed by atoms with Crippen molar-refractivity contribution >= 4 is 22.4 Å². The predicted molar refractivity (Wildman–Crippen MR) is 67.6 cm³/mol. The smallest absolute Gasteiger partial charge is 0.254 e. The van der Waals surface area contributed by atoms with Gasteiger partial charge in [-0.05, 0) is 13.3 Å². The zero-order chi connectivity index (χ0) is 12.3. The van der Waals surface area contributed by atoms with Gasteiger partial charge in [0, 0.05) is 41.1 Å². The molecule has 0 amide bonds. The van der Waals surface area contributed by atoms with E-state index in [4.69, 9.17) is 0 Å². The summed E-state index contributed by atoms with van der Waals surface area (Å²) in [5.74, 6) is 2.16. The van der Waals surface area contributed by atoms with Crippen LogP contribution < -0.4 is 5.32 Å². The third-order valence-electron chi connectivity index (χ3n) is 2.29. The second kappa shape index (κ2) is 5.22. The minimum Gasteiger partial charge on any atom is -0.370 e. The normalized spacial score (nSPS) is 12.8. The standard InChI is InChI=1S/C10H15N5OS/c1-8-6-9(11-4-3-5-17(2)16)15-10(14-8)12-7-13-15/h6-7,11H,3-5H2,1-2H3. The SMILES string of the molecule is Cc1cc(NCCCS(C)=O)n2ncnc2n1. The van der Waals surface area contributed by atoms with Crippen LogP contribution in [-0.4, -0.2) is 42.3 Å². The Morgan fingerprint density at radius 2 is 2.35 bits per heavy atom. The van der Waals surface area contributed by atoms with Gasteiger partial charge in [0.1, 0.15) is 12.1 Å². The van der Waals surface area contributed by atoms with Crippen LogP contribution in [-0.2, 0) is 10.8 Å². The number of aromatic nitrogens is 4. The number of nitrogens with one attached hydrogen (secondary N) is 1. The van der Waals surface area contributed by atoms with E-state index in [2.05, 4.69) is 20.4 Å². The Morgan fingerprint density at radius 1 is 1.53 bits per heavy atom. The Kier molecular flexibility index (Phi) is 3.68. The van der Waals surface area contributed by atoms with Crippen LogP contribution >= 0.6 is 0 Å². The van der Waals surface area contributed by atoms with Crippen molar-refractivity contribution in [1.82, 2.24) is 19.6 Å². The molecule has 92 valence electrons. The molecule has 0 fully saturated rings. The lowest BCUT2D eigenvalue weighted by molar-refractivity contribution is 0.685. The topological polar surface area (TPSA) is 72.2 Å². The first-order valence-corrected chi connectivity index (χ1v) is 7.11. The van der Waals surface area contributed by atoms with Gasteiger partial charge < -0.3 is 5.32 Å². The molecule has 2 aromatic rings. The fourth-order valence-corrected chi connectivity index (χ4v) is 2.10. The molecular formula is C10H15N5OS.